The van der Waals surface area contributed by atoms with Gasteiger partial charge in [-0.15, -0.1) is 0 Å². The van der Waals surface area contributed by atoms with Crippen molar-refractivity contribution in [3.63, 3.8) is 0 Å². The summed E-state index contributed by atoms with van der Waals surface area (Å²) in [4.78, 5) is 11.7. The summed E-state index contributed by atoms with van der Waals surface area (Å²) in [5.74, 6) is -0.283. The second kappa shape index (κ2) is 7.12. The Kier molecular flexibility index (Phi) is 5.40. The lowest BCUT2D eigenvalue weighted by atomic mass is 10.2. The third-order valence-corrected chi connectivity index (χ3v) is 4.92. The Bertz CT molecular complexity index is 798. The average molecular weight is 358 g/mol. The molecule has 1 heterocycles. The first-order valence-electron chi connectivity index (χ1n) is 6.73. The van der Waals surface area contributed by atoms with Crippen molar-refractivity contribution >= 4 is 27.5 Å². The first kappa shape index (κ1) is 17.5. The van der Waals surface area contributed by atoms with Crippen LogP contribution in [0.4, 0.5) is 0 Å². The number of hydrogen-bond acceptors (Lipinski definition) is 5. The van der Waals surface area contributed by atoms with Gasteiger partial charge in [-0.1, -0.05) is 28.9 Å². The van der Waals surface area contributed by atoms with E-state index in [0.717, 1.165) is 5.56 Å². The van der Waals surface area contributed by atoms with Gasteiger partial charge in [0, 0.05) is 11.6 Å². The van der Waals surface area contributed by atoms with Crippen molar-refractivity contribution in [2.45, 2.75) is 25.3 Å². The molecule has 0 radical (unpaired) electrons. The molecule has 1 aromatic heterocycles. The summed E-state index contributed by atoms with van der Waals surface area (Å²) in [7, 11) is -3.85. The largest absolute Gasteiger partial charge is 0.360 e. The molecule has 0 aliphatic rings. The molecule has 23 heavy (non-hydrogen) atoms. The molecule has 1 amide bonds. The molecule has 0 saturated heterocycles. The molecular formula is C14H16ClN3O4S. The third-order valence-electron chi connectivity index (χ3n) is 3.04. The monoisotopic (exact) mass is 357 g/mol. The van der Waals surface area contributed by atoms with Gasteiger partial charge in [0.25, 0.3) is 0 Å². The summed E-state index contributed by atoms with van der Waals surface area (Å²) in [5, 5.41) is 6.76. The smallest absolute Gasteiger partial charge is 0.246 e. The summed E-state index contributed by atoms with van der Waals surface area (Å²) in [6.45, 7) is 2.89. The van der Waals surface area contributed by atoms with Gasteiger partial charge in [-0.25, -0.2) is 13.1 Å². The van der Waals surface area contributed by atoms with Crippen molar-refractivity contribution in [3.8, 4) is 0 Å². The van der Waals surface area contributed by atoms with Gasteiger partial charge in [0.15, 0.2) is 5.76 Å². The fraction of sp³-hybridized carbons (Fsp3) is 0.286. The van der Waals surface area contributed by atoms with Crippen LogP contribution in [0.5, 0.6) is 0 Å². The molecule has 0 aliphatic carbocycles. The zero-order valence-corrected chi connectivity index (χ0v) is 14.2. The minimum absolute atomic E-state index is 0.0415. The Morgan fingerprint density at radius 2 is 2.09 bits per heavy atom. The molecule has 0 spiro atoms. The number of benzene rings is 1. The van der Waals surface area contributed by atoms with E-state index in [1.807, 2.05) is 0 Å². The van der Waals surface area contributed by atoms with Crippen LogP contribution >= 0.6 is 11.6 Å². The number of aryl methyl sites for hydroxylation is 2. The summed E-state index contributed by atoms with van der Waals surface area (Å²) in [6, 6.07) is 7.02. The minimum Gasteiger partial charge on any atom is -0.360 e. The molecule has 0 unspecified atom stereocenters. The Hall–Kier alpha value is -1.90. The average Bonchev–Trinajstić information content (AvgIpc) is 2.83. The predicted molar refractivity (Wildman–Crippen MR) is 84.5 cm³/mol. The van der Waals surface area contributed by atoms with Crippen LogP contribution < -0.4 is 10.0 Å². The number of aromatic nitrogens is 1. The summed E-state index contributed by atoms with van der Waals surface area (Å²) in [5.41, 5.74) is 1.06. The first-order valence-corrected chi connectivity index (χ1v) is 8.59. The molecule has 0 fully saturated rings. The molecule has 0 atom stereocenters. The van der Waals surface area contributed by atoms with Crippen molar-refractivity contribution in [1.29, 1.82) is 0 Å². The number of carbonyl (C=O) groups excluding carboxylic acids is 1. The highest BCUT2D eigenvalue weighted by Crippen LogP contribution is 2.18. The summed E-state index contributed by atoms with van der Waals surface area (Å²) < 4.78 is 31.3. The number of halogens is 1. The first-order chi connectivity index (χ1) is 10.8. The van der Waals surface area contributed by atoms with E-state index < -0.39 is 15.9 Å². The van der Waals surface area contributed by atoms with Gasteiger partial charge < -0.3 is 9.84 Å². The zero-order chi connectivity index (χ0) is 17.0. The van der Waals surface area contributed by atoms with Crippen molar-refractivity contribution in [1.82, 2.24) is 15.2 Å². The number of nitrogens with one attached hydrogen (secondary N) is 2. The van der Waals surface area contributed by atoms with Gasteiger partial charge in [-0.3, -0.25) is 4.79 Å². The summed E-state index contributed by atoms with van der Waals surface area (Å²) in [6.07, 6.45) is 0. The van der Waals surface area contributed by atoms with Gasteiger partial charge in [0.2, 0.25) is 15.9 Å². The van der Waals surface area contributed by atoms with Crippen LogP contribution in [0.25, 0.3) is 0 Å². The zero-order valence-electron chi connectivity index (χ0n) is 12.6. The lowest BCUT2D eigenvalue weighted by Crippen LogP contribution is -2.36. The van der Waals surface area contributed by atoms with Crippen molar-refractivity contribution in [2.75, 3.05) is 6.54 Å². The Morgan fingerprint density at radius 1 is 1.35 bits per heavy atom. The molecule has 0 bridgehead atoms. The number of nitrogens with zero attached hydrogens (tertiary/aromatic N) is 1. The molecule has 0 saturated carbocycles. The minimum atomic E-state index is -3.85. The maximum absolute atomic E-state index is 12.1. The van der Waals surface area contributed by atoms with Crippen LogP contribution in [-0.2, 0) is 21.4 Å². The molecular weight excluding hydrogens is 342 g/mol. The van der Waals surface area contributed by atoms with Gasteiger partial charge >= 0.3 is 0 Å². The van der Waals surface area contributed by atoms with Crippen molar-refractivity contribution in [2.24, 2.45) is 0 Å². The van der Waals surface area contributed by atoms with E-state index in [2.05, 4.69) is 15.2 Å². The standard InChI is InChI=1S/C14H16ClN3O4S/c1-9-14(10(2)22-18-9)23(20,21)17-8-13(19)16-7-11-4-3-5-12(15)6-11/h3-6,17H,7-8H2,1-2H3,(H,16,19). The van der Waals surface area contributed by atoms with Gasteiger partial charge in [0.1, 0.15) is 10.6 Å². The number of hydrogen-bond donors (Lipinski definition) is 2. The lowest BCUT2D eigenvalue weighted by molar-refractivity contribution is -0.120. The van der Waals surface area contributed by atoms with Crippen LogP contribution in [0, 0.1) is 13.8 Å². The molecule has 2 N–H and O–H groups in total. The van der Waals surface area contributed by atoms with E-state index in [0.29, 0.717) is 5.02 Å². The fourth-order valence-corrected chi connectivity index (χ4v) is 3.52. The highest BCUT2D eigenvalue weighted by Gasteiger charge is 2.24. The number of amides is 1. The maximum atomic E-state index is 12.1. The quantitative estimate of drug-likeness (QED) is 0.816. The molecule has 0 aliphatic heterocycles. The van der Waals surface area contributed by atoms with E-state index in [4.69, 9.17) is 16.1 Å². The van der Waals surface area contributed by atoms with Gasteiger partial charge in [-0.2, -0.15) is 0 Å². The molecule has 2 aromatic rings. The van der Waals surface area contributed by atoms with E-state index in [9.17, 15) is 13.2 Å². The van der Waals surface area contributed by atoms with Crippen LogP contribution in [0.2, 0.25) is 5.02 Å². The number of carbonyl (C=O) groups is 1. The SMILES string of the molecule is Cc1noc(C)c1S(=O)(=O)NCC(=O)NCc1cccc(Cl)c1. The molecule has 1 aromatic carbocycles. The number of sulfonamides is 1. The maximum Gasteiger partial charge on any atom is 0.246 e. The normalized spacial score (nSPS) is 11.4. The van der Waals surface area contributed by atoms with Crippen LogP contribution in [0.1, 0.15) is 17.0 Å². The number of rotatable bonds is 6. The van der Waals surface area contributed by atoms with Crippen molar-refractivity contribution < 1.29 is 17.7 Å². The highest BCUT2D eigenvalue weighted by molar-refractivity contribution is 7.89. The van der Waals surface area contributed by atoms with Crippen LogP contribution in [-0.4, -0.2) is 26.0 Å². The van der Waals surface area contributed by atoms with E-state index in [-0.39, 0.29) is 29.4 Å². The van der Waals surface area contributed by atoms with Gasteiger partial charge in [-0.05, 0) is 31.5 Å². The molecule has 2 rings (SSSR count). The lowest BCUT2D eigenvalue weighted by Gasteiger charge is -2.08. The highest BCUT2D eigenvalue weighted by atomic mass is 35.5. The van der Waals surface area contributed by atoms with Crippen molar-refractivity contribution in [3.05, 3.63) is 46.3 Å². The molecule has 9 heteroatoms. The second-order valence-corrected chi connectivity index (χ2v) is 7.02. The Morgan fingerprint density at radius 3 is 2.70 bits per heavy atom. The van der Waals surface area contributed by atoms with E-state index in [1.165, 1.54) is 13.8 Å². The van der Waals surface area contributed by atoms with E-state index >= 15 is 0 Å². The third kappa shape index (κ3) is 4.54. The Labute approximate surface area is 139 Å². The fourth-order valence-electron chi connectivity index (χ4n) is 2.00. The van der Waals surface area contributed by atoms with Crippen LogP contribution in [0.15, 0.2) is 33.7 Å². The van der Waals surface area contributed by atoms with Crippen LogP contribution in [0.3, 0.4) is 0 Å². The molecule has 7 nitrogen and oxygen atoms in total. The second-order valence-electron chi connectivity index (χ2n) is 4.88. The Balaban J connectivity index is 1.91. The summed E-state index contributed by atoms with van der Waals surface area (Å²) >= 11 is 5.85. The van der Waals surface area contributed by atoms with Gasteiger partial charge in [0.05, 0.1) is 6.54 Å². The topological polar surface area (TPSA) is 101 Å². The van der Waals surface area contributed by atoms with E-state index in [1.54, 1.807) is 24.3 Å². The predicted octanol–water partition coefficient (Wildman–Crippen LogP) is 1.54. The molecule has 124 valence electrons.